The molecule has 1 atom stereocenters. The first kappa shape index (κ1) is 16.6. The molecule has 1 saturated carbocycles. The van der Waals surface area contributed by atoms with Crippen LogP contribution in [0.2, 0.25) is 0 Å². The zero-order valence-corrected chi connectivity index (χ0v) is 13.8. The average molecular weight is 333 g/mol. The number of anilines is 1. The molecule has 7 heteroatoms. The van der Waals surface area contributed by atoms with Crippen molar-refractivity contribution in [2.45, 2.75) is 51.7 Å². The maximum Gasteiger partial charge on any atom is 0.251 e. The Labute approximate surface area is 140 Å². The number of amides is 2. The highest BCUT2D eigenvalue weighted by Gasteiger charge is 2.37. The molecule has 0 radical (unpaired) electrons. The molecule has 4 N–H and O–H groups in total. The van der Waals surface area contributed by atoms with E-state index in [9.17, 15) is 9.59 Å². The van der Waals surface area contributed by atoms with Crippen molar-refractivity contribution in [1.82, 2.24) is 0 Å². The minimum Gasteiger partial charge on any atom is -0.451 e. The van der Waals surface area contributed by atoms with Crippen LogP contribution in [0.5, 0.6) is 11.5 Å². The maximum absolute atomic E-state index is 12.0. The number of rotatable bonds is 4. The Kier molecular flexibility index (Phi) is 4.62. The van der Waals surface area contributed by atoms with Crippen molar-refractivity contribution in [2.24, 2.45) is 17.5 Å². The molecule has 2 aliphatic rings. The molecule has 1 unspecified atom stereocenters. The number of hydrogen-bond donors (Lipinski definition) is 2. The summed E-state index contributed by atoms with van der Waals surface area (Å²) in [6.07, 6.45) is 5.41. The van der Waals surface area contributed by atoms with Crippen LogP contribution in [0.1, 0.15) is 55.8 Å². The Bertz CT molecular complexity index is 655. The number of nitrogens with two attached hydrogens (primary N) is 2. The van der Waals surface area contributed by atoms with Gasteiger partial charge in [0.1, 0.15) is 5.69 Å². The van der Waals surface area contributed by atoms with E-state index in [1.807, 2.05) is 0 Å². The highest BCUT2D eigenvalue weighted by molar-refractivity contribution is 6.06. The van der Waals surface area contributed by atoms with E-state index in [0.29, 0.717) is 17.4 Å². The third kappa shape index (κ3) is 2.91. The first-order valence-electron chi connectivity index (χ1n) is 8.40. The summed E-state index contributed by atoms with van der Waals surface area (Å²) in [6.45, 7) is 1.69. The Morgan fingerprint density at radius 1 is 1.21 bits per heavy atom. The predicted molar refractivity (Wildman–Crippen MR) is 88.5 cm³/mol. The van der Waals surface area contributed by atoms with Crippen molar-refractivity contribution < 1.29 is 19.1 Å². The van der Waals surface area contributed by atoms with E-state index >= 15 is 0 Å². The van der Waals surface area contributed by atoms with Crippen molar-refractivity contribution in [3.63, 3.8) is 0 Å². The summed E-state index contributed by atoms with van der Waals surface area (Å²) in [5.41, 5.74) is 5.77. The number of primary amides is 1. The molecule has 1 fully saturated rings. The Balaban J connectivity index is 1.96. The van der Waals surface area contributed by atoms with E-state index in [1.54, 1.807) is 13.0 Å². The van der Waals surface area contributed by atoms with Gasteiger partial charge in [-0.3, -0.25) is 9.59 Å². The summed E-state index contributed by atoms with van der Waals surface area (Å²) in [4.78, 5) is 23.8. The second-order valence-corrected chi connectivity index (χ2v) is 6.27. The first-order chi connectivity index (χ1) is 11.5. The molecule has 130 valence electrons. The molecule has 0 saturated heterocycles. The number of benzene rings is 1. The molecule has 0 aromatic heterocycles. The lowest BCUT2D eigenvalue weighted by Crippen LogP contribution is -2.39. The molecule has 0 bridgehead atoms. The van der Waals surface area contributed by atoms with Gasteiger partial charge in [-0.25, -0.2) is 10.9 Å². The van der Waals surface area contributed by atoms with Gasteiger partial charge in [-0.15, -0.1) is 0 Å². The van der Waals surface area contributed by atoms with Crippen LogP contribution in [0.15, 0.2) is 12.1 Å². The zero-order valence-electron chi connectivity index (χ0n) is 13.8. The summed E-state index contributed by atoms with van der Waals surface area (Å²) < 4.78 is 11.9. The van der Waals surface area contributed by atoms with Gasteiger partial charge in [0.2, 0.25) is 12.2 Å². The van der Waals surface area contributed by atoms with Gasteiger partial charge in [-0.05, 0) is 25.0 Å². The first-order valence-corrected chi connectivity index (χ1v) is 8.40. The number of nitrogens with zero attached hydrogens (tertiary/aromatic N) is 1. The summed E-state index contributed by atoms with van der Waals surface area (Å²) in [7, 11) is 0. The van der Waals surface area contributed by atoms with Crippen LogP contribution in [0.25, 0.3) is 0 Å². The number of hydrogen-bond acceptors (Lipinski definition) is 5. The van der Waals surface area contributed by atoms with Crippen LogP contribution in [-0.2, 0) is 4.79 Å². The Morgan fingerprint density at radius 3 is 2.54 bits per heavy atom. The molecule has 3 rings (SSSR count). The molecule has 1 aliphatic carbocycles. The van der Waals surface area contributed by atoms with Gasteiger partial charge in [0.05, 0.1) is 5.56 Å². The fraction of sp³-hybridized carbons (Fsp3) is 0.529. The van der Waals surface area contributed by atoms with Gasteiger partial charge in [-0.1, -0.05) is 26.2 Å². The third-order valence-electron chi connectivity index (χ3n) is 4.68. The van der Waals surface area contributed by atoms with Crippen molar-refractivity contribution in [1.29, 1.82) is 0 Å². The lowest BCUT2D eigenvalue weighted by atomic mass is 9.89. The SMILES string of the molecule is CCC(=O)N(N)c1c(C(N)=O)ccc2c1OC(C1CCCCC1)O2. The number of carbonyl (C=O) groups excluding carboxylic acids is 2. The summed E-state index contributed by atoms with van der Waals surface area (Å²) in [5, 5.41) is 0.936. The predicted octanol–water partition coefficient (Wildman–Crippen LogP) is 2.08. The van der Waals surface area contributed by atoms with Gasteiger partial charge in [0.15, 0.2) is 11.5 Å². The molecular formula is C17H23N3O4. The summed E-state index contributed by atoms with van der Waals surface area (Å²) in [5.74, 6) is 6.03. The average Bonchev–Trinajstić information content (AvgIpc) is 3.04. The lowest BCUT2D eigenvalue weighted by Gasteiger charge is -2.26. The van der Waals surface area contributed by atoms with Gasteiger partial charge in [0.25, 0.3) is 5.91 Å². The van der Waals surface area contributed by atoms with Crippen molar-refractivity contribution in [2.75, 3.05) is 5.01 Å². The van der Waals surface area contributed by atoms with E-state index in [4.69, 9.17) is 21.1 Å². The monoisotopic (exact) mass is 333 g/mol. The van der Waals surface area contributed by atoms with Gasteiger partial charge < -0.3 is 15.2 Å². The molecule has 0 spiro atoms. The topological polar surface area (TPSA) is 108 Å². The van der Waals surface area contributed by atoms with Crippen LogP contribution in [0.4, 0.5) is 5.69 Å². The number of hydrazine groups is 1. The zero-order chi connectivity index (χ0) is 17.3. The van der Waals surface area contributed by atoms with E-state index in [0.717, 1.165) is 30.7 Å². The minimum atomic E-state index is -0.670. The second-order valence-electron chi connectivity index (χ2n) is 6.27. The van der Waals surface area contributed by atoms with Gasteiger partial charge in [-0.2, -0.15) is 0 Å². The fourth-order valence-electron chi connectivity index (χ4n) is 3.36. The highest BCUT2D eigenvalue weighted by Crippen LogP contribution is 2.47. The normalized spacial score (nSPS) is 20.0. The number of fused-ring (bicyclic) bond motifs is 1. The quantitative estimate of drug-likeness (QED) is 0.498. The van der Waals surface area contributed by atoms with Crippen LogP contribution in [0.3, 0.4) is 0 Å². The number of ether oxygens (including phenoxy) is 2. The van der Waals surface area contributed by atoms with Crippen LogP contribution < -0.4 is 26.1 Å². The van der Waals surface area contributed by atoms with E-state index < -0.39 is 12.2 Å². The Hall–Kier alpha value is -2.28. The standard InChI is InChI=1S/C17H23N3O4/c1-2-13(21)20(19)14-11(16(18)22)8-9-12-15(14)24-17(23-12)10-6-4-3-5-7-10/h8-10,17H,2-7,19H2,1H3,(H2,18,22). The smallest absolute Gasteiger partial charge is 0.251 e. The van der Waals surface area contributed by atoms with Gasteiger partial charge >= 0.3 is 0 Å². The van der Waals surface area contributed by atoms with Crippen molar-refractivity contribution >= 4 is 17.5 Å². The summed E-state index contributed by atoms with van der Waals surface area (Å²) in [6, 6.07) is 3.16. The van der Waals surface area contributed by atoms with Crippen LogP contribution in [0, 0.1) is 5.92 Å². The lowest BCUT2D eigenvalue weighted by molar-refractivity contribution is -0.118. The molecule has 1 heterocycles. The largest absolute Gasteiger partial charge is 0.451 e. The second kappa shape index (κ2) is 6.68. The molecular weight excluding hydrogens is 310 g/mol. The number of carbonyl (C=O) groups is 2. The minimum absolute atomic E-state index is 0.144. The summed E-state index contributed by atoms with van der Waals surface area (Å²) >= 11 is 0. The molecule has 24 heavy (non-hydrogen) atoms. The van der Waals surface area contributed by atoms with Gasteiger partial charge in [0, 0.05) is 12.3 Å². The third-order valence-corrected chi connectivity index (χ3v) is 4.68. The van der Waals surface area contributed by atoms with Crippen LogP contribution in [-0.4, -0.2) is 18.1 Å². The van der Waals surface area contributed by atoms with Crippen LogP contribution >= 0.6 is 0 Å². The fourth-order valence-corrected chi connectivity index (χ4v) is 3.36. The van der Waals surface area contributed by atoms with E-state index in [-0.39, 0.29) is 23.6 Å². The Morgan fingerprint density at radius 2 is 1.92 bits per heavy atom. The van der Waals surface area contributed by atoms with Crippen molar-refractivity contribution in [3.05, 3.63) is 17.7 Å². The molecule has 1 aliphatic heterocycles. The highest BCUT2D eigenvalue weighted by atomic mass is 16.7. The molecule has 7 nitrogen and oxygen atoms in total. The van der Waals surface area contributed by atoms with Crippen molar-refractivity contribution in [3.8, 4) is 11.5 Å². The van der Waals surface area contributed by atoms with E-state index in [2.05, 4.69) is 0 Å². The molecule has 1 aromatic rings. The maximum atomic E-state index is 12.0. The molecule has 1 aromatic carbocycles. The van der Waals surface area contributed by atoms with E-state index in [1.165, 1.54) is 12.5 Å². The molecule has 2 amide bonds.